The second kappa shape index (κ2) is 15.1. The first kappa shape index (κ1) is 31.6. The van der Waals surface area contributed by atoms with Gasteiger partial charge in [-0.05, 0) is 58.8 Å². The van der Waals surface area contributed by atoms with Crippen LogP contribution in [0.25, 0.3) is 17.0 Å². The number of hydrogen-bond acceptors (Lipinski definition) is 4. The molecule has 1 unspecified atom stereocenters. The van der Waals surface area contributed by atoms with Crippen LogP contribution in [0, 0.1) is 24.7 Å². The van der Waals surface area contributed by atoms with Crippen molar-refractivity contribution in [3.8, 4) is 36.1 Å². The van der Waals surface area contributed by atoms with Gasteiger partial charge < -0.3 is 9.31 Å². The molecule has 1 aliphatic heterocycles. The molecule has 0 amide bonds. The van der Waals surface area contributed by atoms with Crippen LogP contribution in [0.2, 0.25) is 5.82 Å². The number of nitrogens with zero attached hydrogens (tertiary/aromatic N) is 2. The normalized spacial score (nSPS) is 18.8. The first-order valence-corrected chi connectivity index (χ1v) is 13.5. The van der Waals surface area contributed by atoms with Gasteiger partial charge in [-0.2, -0.15) is 0 Å². The zero-order valence-corrected chi connectivity index (χ0v) is 24.4. The van der Waals surface area contributed by atoms with Gasteiger partial charge in [0.05, 0.1) is 16.9 Å². The summed E-state index contributed by atoms with van der Waals surface area (Å²) in [5, 5.41) is 0. The molecule has 0 N–H and O–H groups in total. The molecule has 0 radical (unpaired) electrons. The number of benzene rings is 1. The highest BCUT2D eigenvalue weighted by molar-refractivity contribution is 6.48. The Morgan fingerprint density at radius 1 is 1.03 bits per heavy atom. The zero-order valence-electron chi connectivity index (χ0n) is 24.4. The van der Waals surface area contributed by atoms with Gasteiger partial charge in [0.2, 0.25) is 0 Å². The second-order valence-corrected chi connectivity index (χ2v) is 9.92. The standard InChI is InChI=1S/C29H31BN2O2.C3H4.C2H6/c1-6-7-8-9-13-16-25-21-26(32-27(31-25)23-14-11-10-12-15-23)22-17-19-24(20-18-22)30-33-28(2,3)29(4,5)34-30;1-3-2;1-2/h1,7-15,17-19,21,24H,16,20H2,2-5H3;1H,2H3;1-2H3/b8-7-,13-9-;;. The van der Waals surface area contributed by atoms with Gasteiger partial charge in [-0.1, -0.05) is 86.6 Å². The van der Waals surface area contributed by atoms with E-state index in [0.29, 0.717) is 6.42 Å². The fraction of sp³-hybridized carbons (Fsp3) is 0.353. The van der Waals surface area contributed by atoms with Crippen molar-refractivity contribution < 1.29 is 9.31 Å². The summed E-state index contributed by atoms with van der Waals surface area (Å²) in [5.74, 6) is 5.64. The Morgan fingerprint density at radius 3 is 2.23 bits per heavy atom. The lowest BCUT2D eigenvalue weighted by Crippen LogP contribution is -2.41. The summed E-state index contributed by atoms with van der Waals surface area (Å²) in [7, 11) is -0.249. The molecule has 4 rings (SSSR count). The van der Waals surface area contributed by atoms with E-state index >= 15 is 0 Å². The Kier molecular flexibility index (Phi) is 12.2. The molecule has 2 aromatic rings. The molecule has 0 bridgehead atoms. The predicted octanol–water partition coefficient (Wildman–Crippen LogP) is 7.90. The van der Waals surface area contributed by atoms with Crippen molar-refractivity contribution in [2.75, 3.05) is 0 Å². The van der Waals surface area contributed by atoms with E-state index in [9.17, 15) is 0 Å². The third-order valence-electron chi connectivity index (χ3n) is 6.63. The maximum atomic E-state index is 6.26. The van der Waals surface area contributed by atoms with Crippen LogP contribution >= 0.6 is 0 Å². The topological polar surface area (TPSA) is 44.2 Å². The summed E-state index contributed by atoms with van der Waals surface area (Å²) in [6.45, 7) is 14.0. The minimum absolute atomic E-state index is 0.172. The summed E-state index contributed by atoms with van der Waals surface area (Å²) in [5.41, 5.74) is 3.30. The number of terminal acetylenes is 2. The Balaban J connectivity index is 0.000000998. The van der Waals surface area contributed by atoms with Crippen molar-refractivity contribution in [2.24, 2.45) is 0 Å². The van der Waals surface area contributed by atoms with Gasteiger partial charge in [0.25, 0.3) is 0 Å². The molecule has 5 heteroatoms. The molecule has 1 aromatic heterocycles. The summed E-state index contributed by atoms with van der Waals surface area (Å²) >= 11 is 0. The summed E-state index contributed by atoms with van der Waals surface area (Å²) in [6, 6.07) is 12.1. The smallest absolute Gasteiger partial charge is 0.403 e. The van der Waals surface area contributed by atoms with Crippen LogP contribution in [0.5, 0.6) is 0 Å². The predicted molar refractivity (Wildman–Crippen MR) is 166 cm³/mol. The van der Waals surface area contributed by atoms with Gasteiger partial charge in [-0.15, -0.1) is 18.8 Å². The summed E-state index contributed by atoms with van der Waals surface area (Å²) < 4.78 is 12.5. The molecule has 0 spiro atoms. The molecule has 0 saturated carbocycles. The van der Waals surface area contributed by atoms with Gasteiger partial charge >= 0.3 is 7.12 Å². The van der Waals surface area contributed by atoms with E-state index < -0.39 is 0 Å². The van der Waals surface area contributed by atoms with E-state index in [2.05, 4.69) is 70.3 Å². The largest absolute Gasteiger partial charge is 0.465 e. The van der Waals surface area contributed by atoms with Crippen molar-refractivity contribution in [1.82, 2.24) is 9.97 Å². The highest BCUT2D eigenvalue weighted by atomic mass is 16.7. The lowest BCUT2D eigenvalue weighted by atomic mass is 9.68. The second-order valence-electron chi connectivity index (χ2n) is 9.92. The van der Waals surface area contributed by atoms with Gasteiger partial charge in [0.1, 0.15) is 0 Å². The maximum Gasteiger partial charge on any atom is 0.465 e. The van der Waals surface area contributed by atoms with E-state index in [0.717, 1.165) is 34.8 Å². The minimum Gasteiger partial charge on any atom is -0.403 e. The van der Waals surface area contributed by atoms with Crippen molar-refractivity contribution in [3.63, 3.8) is 0 Å². The van der Waals surface area contributed by atoms with Crippen molar-refractivity contribution in [2.45, 2.75) is 78.3 Å². The van der Waals surface area contributed by atoms with E-state index in [1.54, 1.807) is 13.0 Å². The maximum absolute atomic E-state index is 6.26. The minimum atomic E-state index is -0.329. The van der Waals surface area contributed by atoms with E-state index in [-0.39, 0.29) is 24.1 Å². The van der Waals surface area contributed by atoms with Crippen LogP contribution in [-0.4, -0.2) is 28.3 Å². The Bertz CT molecular complexity index is 1260. The molecule has 1 aromatic carbocycles. The fourth-order valence-electron chi connectivity index (χ4n) is 3.94. The highest BCUT2D eigenvalue weighted by Gasteiger charge is 2.53. The van der Waals surface area contributed by atoms with Gasteiger partial charge in [0.15, 0.2) is 5.82 Å². The van der Waals surface area contributed by atoms with Gasteiger partial charge in [0, 0.05) is 23.5 Å². The zero-order chi connectivity index (χ0) is 28.9. The summed E-state index contributed by atoms with van der Waals surface area (Å²) in [4.78, 5) is 9.70. The van der Waals surface area contributed by atoms with Crippen molar-refractivity contribution >= 4 is 12.7 Å². The molecular formula is C34H41BN2O2. The third kappa shape index (κ3) is 8.69. The first-order valence-electron chi connectivity index (χ1n) is 13.5. The molecule has 1 aliphatic carbocycles. The van der Waals surface area contributed by atoms with Crippen LogP contribution < -0.4 is 0 Å². The molecule has 1 fully saturated rings. The van der Waals surface area contributed by atoms with E-state index in [1.807, 2.05) is 62.4 Å². The number of hydrogen-bond donors (Lipinski definition) is 0. The van der Waals surface area contributed by atoms with Crippen LogP contribution in [-0.2, 0) is 15.7 Å². The van der Waals surface area contributed by atoms with Gasteiger partial charge in [-0.3, -0.25) is 0 Å². The molecule has 2 heterocycles. The Morgan fingerprint density at radius 2 is 1.67 bits per heavy atom. The molecule has 4 nitrogen and oxygen atoms in total. The lowest BCUT2D eigenvalue weighted by molar-refractivity contribution is 0.00578. The third-order valence-corrected chi connectivity index (χ3v) is 6.63. The highest BCUT2D eigenvalue weighted by Crippen LogP contribution is 2.42. The summed E-state index contributed by atoms with van der Waals surface area (Å²) in [6.07, 6.45) is 25.4. The molecule has 1 saturated heterocycles. The van der Waals surface area contributed by atoms with Crippen LogP contribution in [0.4, 0.5) is 0 Å². The fourth-order valence-corrected chi connectivity index (χ4v) is 3.94. The van der Waals surface area contributed by atoms with E-state index in [4.69, 9.17) is 25.7 Å². The first-order chi connectivity index (χ1) is 18.7. The quantitative estimate of drug-likeness (QED) is 0.221. The van der Waals surface area contributed by atoms with Crippen LogP contribution in [0.3, 0.4) is 0 Å². The molecule has 1 atom stereocenters. The average Bonchev–Trinajstić information content (AvgIpc) is 3.17. The van der Waals surface area contributed by atoms with Crippen molar-refractivity contribution in [1.29, 1.82) is 0 Å². The Hall–Kier alpha value is -3.64. The molecular weight excluding hydrogens is 479 g/mol. The van der Waals surface area contributed by atoms with Crippen molar-refractivity contribution in [3.05, 3.63) is 90.3 Å². The number of rotatable bonds is 6. The molecule has 39 heavy (non-hydrogen) atoms. The molecule has 202 valence electrons. The monoisotopic (exact) mass is 520 g/mol. The van der Waals surface area contributed by atoms with E-state index in [1.165, 1.54) is 0 Å². The Labute approximate surface area is 236 Å². The van der Waals surface area contributed by atoms with Gasteiger partial charge in [-0.25, -0.2) is 9.97 Å². The van der Waals surface area contributed by atoms with Crippen LogP contribution in [0.1, 0.15) is 66.3 Å². The lowest BCUT2D eigenvalue weighted by Gasteiger charge is -2.32. The molecule has 2 aliphatic rings. The average molecular weight is 521 g/mol. The number of aromatic nitrogens is 2. The van der Waals surface area contributed by atoms with Crippen LogP contribution in [0.15, 0.2) is 78.9 Å². The SMILES string of the molecule is C#C/C=C\C=C/Cc1cc(C2=CCC(B3OC(C)(C)C(C)(C)O3)C=C2)nc(-c2ccccc2)n1.C#CC.CC. The number of allylic oxidation sites excluding steroid dienone is 8.